The molecule has 0 bridgehead atoms. The molecular formula is C22H17ClFN3O3S2. The zero-order chi connectivity index (χ0) is 22.7. The minimum Gasteiger partial charge on any atom is -0.495 e. The van der Waals surface area contributed by atoms with E-state index < -0.39 is 5.82 Å². The molecule has 0 atom stereocenters. The second-order valence-electron chi connectivity index (χ2n) is 6.64. The third kappa shape index (κ3) is 4.64. The van der Waals surface area contributed by atoms with Crippen molar-refractivity contribution in [1.29, 1.82) is 0 Å². The van der Waals surface area contributed by atoms with Gasteiger partial charge in [-0.05, 0) is 41.3 Å². The fraction of sp³-hybridized carbons (Fsp3) is 0.136. The number of amides is 1. The molecule has 0 saturated carbocycles. The summed E-state index contributed by atoms with van der Waals surface area (Å²) in [6.07, 6.45) is 0. The highest BCUT2D eigenvalue weighted by atomic mass is 35.5. The number of thiophene rings is 1. The molecule has 4 aromatic rings. The Balaban J connectivity index is 1.58. The van der Waals surface area contributed by atoms with Crippen molar-refractivity contribution in [2.45, 2.75) is 11.7 Å². The number of carbonyl (C=O) groups is 1. The fourth-order valence-electron chi connectivity index (χ4n) is 3.06. The van der Waals surface area contributed by atoms with E-state index in [1.807, 2.05) is 6.07 Å². The van der Waals surface area contributed by atoms with Crippen LogP contribution in [0.25, 0.3) is 15.9 Å². The molecule has 0 saturated heterocycles. The molecule has 0 aliphatic rings. The van der Waals surface area contributed by atoms with Crippen LogP contribution in [-0.4, -0.2) is 28.3 Å². The molecule has 0 aliphatic heterocycles. The summed E-state index contributed by atoms with van der Waals surface area (Å²) in [7, 11) is 1.53. The van der Waals surface area contributed by atoms with Crippen molar-refractivity contribution in [2.24, 2.45) is 0 Å². The Kier molecular flexibility index (Phi) is 6.78. The molecule has 1 amide bonds. The van der Waals surface area contributed by atoms with Gasteiger partial charge in [-0.1, -0.05) is 41.6 Å². The molecule has 0 fully saturated rings. The standard InChI is InChI=1S/C22H17ClFN3O3S2/c1-30-18-5-3-2-4-17(18)27-21(29)20-16(8-9-31-20)26-22(27)32-12-19(28)25-11-13-6-7-14(24)10-15(13)23/h2-10H,11-12H2,1H3,(H,25,28). The second-order valence-corrected chi connectivity index (χ2v) is 8.91. The quantitative estimate of drug-likeness (QED) is 0.302. The van der Waals surface area contributed by atoms with Crippen molar-refractivity contribution < 1.29 is 13.9 Å². The zero-order valence-electron chi connectivity index (χ0n) is 16.8. The number of hydrogen-bond donors (Lipinski definition) is 1. The van der Waals surface area contributed by atoms with Gasteiger partial charge in [-0.2, -0.15) is 0 Å². The lowest BCUT2D eigenvalue weighted by Crippen LogP contribution is -2.26. The van der Waals surface area contributed by atoms with Crippen LogP contribution in [0.4, 0.5) is 4.39 Å². The van der Waals surface area contributed by atoms with E-state index in [1.165, 1.54) is 41.2 Å². The number of aromatic nitrogens is 2. The van der Waals surface area contributed by atoms with Gasteiger partial charge in [0.1, 0.15) is 16.3 Å². The summed E-state index contributed by atoms with van der Waals surface area (Å²) in [5.41, 5.74) is 1.50. The van der Waals surface area contributed by atoms with Gasteiger partial charge in [0.25, 0.3) is 5.56 Å². The van der Waals surface area contributed by atoms with E-state index in [4.69, 9.17) is 16.3 Å². The van der Waals surface area contributed by atoms with Crippen LogP contribution in [0.5, 0.6) is 5.75 Å². The molecule has 0 aliphatic carbocycles. The summed E-state index contributed by atoms with van der Waals surface area (Å²) in [5, 5.41) is 5.18. The third-order valence-corrected chi connectivity index (χ3v) is 6.78. The lowest BCUT2D eigenvalue weighted by Gasteiger charge is -2.15. The summed E-state index contributed by atoms with van der Waals surface area (Å²) in [6.45, 7) is 0.162. The Hall–Kier alpha value is -2.88. The number of methoxy groups -OCH3 is 1. The van der Waals surface area contributed by atoms with Crippen LogP contribution in [0.15, 0.2) is 63.9 Å². The minimum absolute atomic E-state index is 0.0239. The Morgan fingerprint density at radius 1 is 1.28 bits per heavy atom. The van der Waals surface area contributed by atoms with Gasteiger partial charge in [-0.3, -0.25) is 14.2 Å². The van der Waals surface area contributed by atoms with Crippen LogP contribution in [0.2, 0.25) is 5.02 Å². The van der Waals surface area contributed by atoms with Crippen LogP contribution in [0.1, 0.15) is 5.56 Å². The molecule has 2 heterocycles. The number of benzene rings is 2. The summed E-state index contributed by atoms with van der Waals surface area (Å²) in [6, 6.07) is 12.9. The van der Waals surface area contributed by atoms with Gasteiger partial charge in [0.2, 0.25) is 5.91 Å². The van der Waals surface area contributed by atoms with Crippen molar-refractivity contribution in [3.05, 3.63) is 80.7 Å². The number of hydrogen-bond acceptors (Lipinski definition) is 6. The number of fused-ring (bicyclic) bond motifs is 1. The number of rotatable bonds is 7. The number of ether oxygens (including phenoxy) is 1. The van der Waals surface area contributed by atoms with Crippen LogP contribution in [0.3, 0.4) is 0 Å². The first-order valence-corrected chi connectivity index (χ1v) is 11.7. The molecule has 32 heavy (non-hydrogen) atoms. The Morgan fingerprint density at radius 2 is 2.09 bits per heavy atom. The monoisotopic (exact) mass is 489 g/mol. The summed E-state index contributed by atoms with van der Waals surface area (Å²) in [4.78, 5) is 30.3. The highest BCUT2D eigenvalue weighted by molar-refractivity contribution is 7.99. The third-order valence-electron chi connectivity index (χ3n) is 4.60. The van der Waals surface area contributed by atoms with E-state index in [9.17, 15) is 14.0 Å². The van der Waals surface area contributed by atoms with E-state index >= 15 is 0 Å². The van der Waals surface area contributed by atoms with E-state index in [0.717, 1.165) is 11.8 Å². The van der Waals surface area contributed by atoms with E-state index in [1.54, 1.807) is 29.6 Å². The van der Waals surface area contributed by atoms with Crippen LogP contribution < -0.4 is 15.6 Å². The van der Waals surface area contributed by atoms with Crippen LogP contribution in [-0.2, 0) is 11.3 Å². The van der Waals surface area contributed by atoms with Gasteiger partial charge < -0.3 is 10.1 Å². The van der Waals surface area contributed by atoms with Gasteiger partial charge in [0, 0.05) is 11.6 Å². The molecule has 0 unspecified atom stereocenters. The average Bonchev–Trinajstić information content (AvgIpc) is 3.26. The number of carbonyl (C=O) groups excluding carboxylic acids is 1. The lowest BCUT2D eigenvalue weighted by molar-refractivity contribution is -0.118. The van der Waals surface area contributed by atoms with Gasteiger partial charge in [-0.15, -0.1) is 11.3 Å². The van der Waals surface area contributed by atoms with Gasteiger partial charge in [-0.25, -0.2) is 9.37 Å². The number of nitrogens with zero attached hydrogens (tertiary/aromatic N) is 2. The summed E-state index contributed by atoms with van der Waals surface area (Å²) >= 11 is 8.46. The first-order valence-electron chi connectivity index (χ1n) is 9.45. The topological polar surface area (TPSA) is 73.2 Å². The first-order chi connectivity index (χ1) is 15.5. The lowest BCUT2D eigenvalue weighted by atomic mass is 10.2. The van der Waals surface area contributed by atoms with Crippen molar-refractivity contribution in [2.75, 3.05) is 12.9 Å². The molecule has 0 spiro atoms. The molecule has 6 nitrogen and oxygen atoms in total. The van der Waals surface area contributed by atoms with Crippen LogP contribution in [0, 0.1) is 5.82 Å². The molecule has 10 heteroatoms. The maximum atomic E-state index is 13.2. The molecule has 2 aromatic carbocycles. The molecular weight excluding hydrogens is 473 g/mol. The fourth-order valence-corrected chi connectivity index (χ4v) is 4.88. The predicted molar refractivity (Wildman–Crippen MR) is 126 cm³/mol. The maximum Gasteiger partial charge on any atom is 0.276 e. The second kappa shape index (κ2) is 9.72. The SMILES string of the molecule is COc1ccccc1-n1c(SCC(=O)NCc2ccc(F)cc2Cl)nc2ccsc2c1=O. The molecule has 1 N–H and O–H groups in total. The van der Waals surface area contributed by atoms with Crippen molar-refractivity contribution in [1.82, 2.24) is 14.9 Å². The smallest absolute Gasteiger partial charge is 0.276 e. The Bertz CT molecular complexity index is 1360. The Labute approximate surface area is 196 Å². The molecule has 2 aromatic heterocycles. The highest BCUT2D eigenvalue weighted by Gasteiger charge is 2.18. The van der Waals surface area contributed by atoms with E-state index in [2.05, 4.69) is 10.3 Å². The predicted octanol–water partition coefficient (Wildman–Crippen LogP) is 4.66. The first kappa shape index (κ1) is 22.3. The van der Waals surface area contributed by atoms with Crippen molar-refractivity contribution in [3.63, 3.8) is 0 Å². The number of para-hydroxylation sites is 2. The largest absolute Gasteiger partial charge is 0.495 e. The van der Waals surface area contributed by atoms with E-state index in [-0.39, 0.29) is 28.8 Å². The van der Waals surface area contributed by atoms with Crippen molar-refractivity contribution >= 4 is 50.8 Å². The van der Waals surface area contributed by atoms with E-state index in [0.29, 0.717) is 32.4 Å². The molecule has 0 radical (unpaired) electrons. The number of nitrogens with one attached hydrogen (secondary N) is 1. The zero-order valence-corrected chi connectivity index (χ0v) is 19.2. The normalized spacial score (nSPS) is 11.0. The average molecular weight is 490 g/mol. The van der Waals surface area contributed by atoms with Gasteiger partial charge in [0.15, 0.2) is 5.16 Å². The number of halogens is 2. The minimum atomic E-state index is -0.440. The molecule has 4 rings (SSSR count). The number of thioether (sulfide) groups is 1. The van der Waals surface area contributed by atoms with Gasteiger partial charge >= 0.3 is 0 Å². The summed E-state index contributed by atoms with van der Waals surface area (Å²) < 4.78 is 20.6. The summed E-state index contributed by atoms with van der Waals surface area (Å²) in [5.74, 6) is -0.174. The molecule has 164 valence electrons. The maximum absolute atomic E-state index is 13.2. The van der Waals surface area contributed by atoms with Crippen LogP contribution >= 0.6 is 34.7 Å². The van der Waals surface area contributed by atoms with Crippen molar-refractivity contribution in [3.8, 4) is 11.4 Å². The Morgan fingerprint density at radius 3 is 2.88 bits per heavy atom. The highest BCUT2D eigenvalue weighted by Crippen LogP contribution is 2.28. The van der Waals surface area contributed by atoms with Gasteiger partial charge in [0.05, 0.1) is 24.1 Å².